The molecule has 3 N–H and O–H groups in total. The van der Waals surface area contributed by atoms with Crippen LogP contribution < -0.4 is 4.74 Å². The van der Waals surface area contributed by atoms with E-state index < -0.39 is 24.6 Å². The maximum absolute atomic E-state index is 10.7. The molecule has 6 heteroatoms. The molecule has 0 bridgehead atoms. The number of hydrogen-bond donors (Lipinski definition) is 3. The molecular formula is C12H14O6. The van der Waals surface area contributed by atoms with Crippen LogP contribution in [0.15, 0.2) is 12.1 Å². The SMILES string of the molecule is Cc1cc([C@@H](O)C(=O)O)cc(C)c1OCC(=O)O. The van der Waals surface area contributed by atoms with Crippen molar-refractivity contribution >= 4 is 11.9 Å². The molecule has 0 aliphatic rings. The zero-order chi connectivity index (χ0) is 13.9. The van der Waals surface area contributed by atoms with Crippen molar-refractivity contribution in [3.05, 3.63) is 28.8 Å². The number of aliphatic hydroxyl groups is 1. The minimum atomic E-state index is -1.60. The fraction of sp³-hybridized carbons (Fsp3) is 0.333. The predicted molar refractivity (Wildman–Crippen MR) is 61.6 cm³/mol. The van der Waals surface area contributed by atoms with Gasteiger partial charge < -0.3 is 20.1 Å². The van der Waals surface area contributed by atoms with Gasteiger partial charge in [-0.2, -0.15) is 0 Å². The number of carboxylic acid groups (broad SMARTS) is 2. The van der Waals surface area contributed by atoms with Gasteiger partial charge in [0.1, 0.15) is 5.75 Å². The average Bonchev–Trinajstić information content (AvgIpc) is 2.26. The van der Waals surface area contributed by atoms with Gasteiger partial charge in [-0.25, -0.2) is 9.59 Å². The molecule has 0 aromatic heterocycles. The summed E-state index contributed by atoms with van der Waals surface area (Å²) in [4.78, 5) is 21.1. The molecule has 6 nitrogen and oxygen atoms in total. The van der Waals surface area contributed by atoms with Gasteiger partial charge in [-0.3, -0.25) is 0 Å². The van der Waals surface area contributed by atoms with E-state index in [0.29, 0.717) is 16.9 Å². The summed E-state index contributed by atoms with van der Waals surface area (Å²) in [6.07, 6.45) is -1.60. The van der Waals surface area contributed by atoms with Crippen LogP contribution in [0, 0.1) is 13.8 Å². The molecule has 18 heavy (non-hydrogen) atoms. The lowest BCUT2D eigenvalue weighted by Gasteiger charge is -2.14. The van der Waals surface area contributed by atoms with E-state index in [1.165, 1.54) is 12.1 Å². The van der Waals surface area contributed by atoms with Gasteiger partial charge in [-0.15, -0.1) is 0 Å². The highest BCUT2D eigenvalue weighted by Gasteiger charge is 2.18. The van der Waals surface area contributed by atoms with Crippen molar-refractivity contribution in [3.8, 4) is 5.75 Å². The monoisotopic (exact) mass is 254 g/mol. The van der Waals surface area contributed by atoms with Gasteiger partial charge in [0.25, 0.3) is 0 Å². The quantitative estimate of drug-likeness (QED) is 0.720. The van der Waals surface area contributed by atoms with Gasteiger partial charge >= 0.3 is 11.9 Å². The lowest BCUT2D eigenvalue weighted by atomic mass is 10.0. The lowest BCUT2D eigenvalue weighted by Crippen LogP contribution is -2.13. The molecule has 1 aromatic rings. The van der Waals surface area contributed by atoms with Crippen molar-refractivity contribution in [2.24, 2.45) is 0 Å². The molecule has 0 amide bonds. The molecule has 0 saturated carbocycles. The van der Waals surface area contributed by atoms with Gasteiger partial charge in [0, 0.05) is 0 Å². The summed E-state index contributed by atoms with van der Waals surface area (Å²) >= 11 is 0. The third-order valence-corrected chi connectivity index (χ3v) is 2.37. The van der Waals surface area contributed by atoms with E-state index in [4.69, 9.17) is 14.9 Å². The first-order chi connectivity index (χ1) is 8.32. The molecular weight excluding hydrogens is 240 g/mol. The predicted octanol–water partition coefficient (Wildman–Crippen LogP) is 0.885. The first-order valence-electron chi connectivity index (χ1n) is 5.19. The third kappa shape index (κ3) is 3.21. The third-order valence-electron chi connectivity index (χ3n) is 2.37. The molecule has 1 atom stereocenters. The zero-order valence-corrected chi connectivity index (χ0v) is 10.0. The average molecular weight is 254 g/mol. The van der Waals surface area contributed by atoms with Crippen LogP contribution in [0.3, 0.4) is 0 Å². The number of carbonyl (C=O) groups is 2. The second-order valence-corrected chi connectivity index (χ2v) is 3.91. The first-order valence-corrected chi connectivity index (χ1v) is 5.19. The number of ether oxygens (including phenoxy) is 1. The summed E-state index contributed by atoms with van der Waals surface area (Å²) in [5, 5.41) is 26.7. The van der Waals surface area contributed by atoms with Gasteiger partial charge in [-0.1, -0.05) is 0 Å². The van der Waals surface area contributed by atoms with E-state index in [1.807, 2.05) is 0 Å². The number of hydrogen-bond acceptors (Lipinski definition) is 4. The maximum Gasteiger partial charge on any atom is 0.341 e. The topological polar surface area (TPSA) is 104 Å². The van der Waals surface area contributed by atoms with Crippen LogP contribution in [0.4, 0.5) is 0 Å². The molecule has 98 valence electrons. The van der Waals surface area contributed by atoms with Gasteiger partial charge in [-0.05, 0) is 42.7 Å². The van der Waals surface area contributed by atoms with Crippen molar-refractivity contribution < 1.29 is 29.6 Å². The Morgan fingerprint density at radius 2 is 1.72 bits per heavy atom. The molecule has 0 heterocycles. The Morgan fingerprint density at radius 3 is 2.11 bits per heavy atom. The smallest absolute Gasteiger partial charge is 0.341 e. The largest absolute Gasteiger partial charge is 0.481 e. The Morgan fingerprint density at radius 1 is 1.22 bits per heavy atom. The number of aliphatic hydroxyl groups excluding tert-OH is 1. The molecule has 1 rings (SSSR count). The van der Waals surface area contributed by atoms with Crippen molar-refractivity contribution in [1.82, 2.24) is 0 Å². The Hall–Kier alpha value is -2.08. The molecule has 0 aliphatic heterocycles. The van der Waals surface area contributed by atoms with E-state index >= 15 is 0 Å². The lowest BCUT2D eigenvalue weighted by molar-refractivity contribution is -0.147. The molecule has 0 radical (unpaired) electrons. The number of rotatable bonds is 5. The summed E-state index contributed by atoms with van der Waals surface area (Å²) in [5.41, 5.74) is 1.39. The van der Waals surface area contributed by atoms with Crippen molar-refractivity contribution in [1.29, 1.82) is 0 Å². The molecule has 0 spiro atoms. The van der Waals surface area contributed by atoms with Crippen LogP contribution >= 0.6 is 0 Å². The molecule has 0 fully saturated rings. The van der Waals surface area contributed by atoms with E-state index in [-0.39, 0.29) is 5.56 Å². The highest BCUT2D eigenvalue weighted by atomic mass is 16.5. The van der Waals surface area contributed by atoms with Crippen LogP contribution in [-0.2, 0) is 9.59 Å². The number of carboxylic acids is 2. The Kier molecular flexibility index (Phi) is 4.28. The molecule has 0 saturated heterocycles. The van der Waals surface area contributed by atoms with Crippen LogP contribution in [0.5, 0.6) is 5.75 Å². The van der Waals surface area contributed by atoms with Gasteiger partial charge in [0.2, 0.25) is 0 Å². The van der Waals surface area contributed by atoms with E-state index in [1.54, 1.807) is 13.8 Å². The van der Waals surface area contributed by atoms with Crippen LogP contribution in [-0.4, -0.2) is 33.9 Å². The second-order valence-electron chi connectivity index (χ2n) is 3.91. The second kappa shape index (κ2) is 5.50. The van der Waals surface area contributed by atoms with Crippen molar-refractivity contribution in [2.45, 2.75) is 20.0 Å². The number of benzene rings is 1. The Bertz CT molecular complexity index is 456. The summed E-state index contributed by atoms with van der Waals surface area (Å²) < 4.78 is 5.10. The van der Waals surface area contributed by atoms with Gasteiger partial charge in [0.05, 0.1) is 0 Å². The summed E-state index contributed by atoms with van der Waals surface area (Å²) in [6, 6.07) is 2.92. The zero-order valence-electron chi connectivity index (χ0n) is 10.0. The van der Waals surface area contributed by atoms with Crippen molar-refractivity contribution in [3.63, 3.8) is 0 Å². The van der Waals surface area contributed by atoms with Crippen LogP contribution in [0.25, 0.3) is 0 Å². The maximum atomic E-state index is 10.7. The van der Waals surface area contributed by atoms with E-state index in [0.717, 1.165) is 0 Å². The van der Waals surface area contributed by atoms with Crippen LogP contribution in [0.2, 0.25) is 0 Å². The Labute approximate surface area is 103 Å². The standard InChI is InChI=1S/C12H14O6/c1-6-3-8(10(15)12(16)17)4-7(2)11(6)18-5-9(13)14/h3-4,10,15H,5H2,1-2H3,(H,13,14)(H,16,17)/t10-/m1/s1. The molecule has 1 aromatic carbocycles. The molecule has 0 aliphatic carbocycles. The minimum Gasteiger partial charge on any atom is -0.481 e. The highest BCUT2D eigenvalue weighted by Crippen LogP contribution is 2.27. The highest BCUT2D eigenvalue weighted by molar-refractivity contribution is 5.74. The van der Waals surface area contributed by atoms with Crippen LogP contribution in [0.1, 0.15) is 22.8 Å². The minimum absolute atomic E-state index is 0.236. The normalized spacial score (nSPS) is 11.9. The van der Waals surface area contributed by atoms with E-state index in [9.17, 15) is 14.7 Å². The summed E-state index contributed by atoms with van der Waals surface area (Å²) in [5.74, 6) is -2.05. The van der Waals surface area contributed by atoms with E-state index in [2.05, 4.69) is 0 Å². The molecule has 0 unspecified atom stereocenters. The fourth-order valence-electron chi connectivity index (χ4n) is 1.65. The fourth-order valence-corrected chi connectivity index (χ4v) is 1.65. The van der Waals surface area contributed by atoms with Crippen molar-refractivity contribution in [2.75, 3.05) is 6.61 Å². The van der Waals surface area contributed by atoms with Gasteiger partial charge in [0.15, 0.2) is 12.7 Å². The number of aryl methyl sites for hydroxylation is 2. The summed E-state index contributed by atoms with van der Waals surface area (Å²) in [6.45, 7) is 2.84. The first kappa shape index (κ1) is 14.0. The summed E-state index contributed by atoms with van der Waals surface area (Å²) in [7, 11) is 0. The number of aliphatic carboxylic acids is 2. The Balaban J connectivity index is 3.04.